The Morgan fingerprint density at radius 1 is 1.59 bits per heavy atom. The number of hydrogen-bond donors (Lipinski definition) is 2. The molecule has 0 fully saturated rings. The van der Waals surface area contributed by atoms with Gasteiger partial charge in [0.25, 0.3) is 10.0 Å². The van der Waals surface area contributed by atoms with Crippen molar-refractivity contribution in [1.82, 2.24) is 5.32 Å². The Hall–Kier alpha value is -1.38. The lowest BCUT2D eigenvalue weighted by atomic mass is 10.3. The van der Waals surface area contributed by atoms with Crippen LogP contribution in [0.5, 0.6) is 0 Å². The Balaban J connectivity index is 2.59. The van der Waals surface area contributed by atoms with Gasteiger partial charge >= 0.3 is 5.97 Å². The average molecular weight is 262 g/mol. The second kappa shape index (κ2) is 5.30. The van der Waals surface area contributed by atoms with Crippen molar-refractivity contribution in [2.24, 2.45) is 5.14 Å². The average Bonchev–Trinajstić information content (AvgIpc) is 2.72. The van der Waals surface area contributed by atoms with Crippen molar-refractivity contribution in [1.29, 1.82) is 0 Å². The van der Waals surface area contributed by atoms with E-state index in [1.54, 1.807) is 6.92 Å². The Bertz CT molecular complexity index is 493. The third-order valence-corrected chi connectivity index (χ3v) is 2.83. The van der Waals surface area contributed by atoms with Crippen LogP contribution >= 0.6 is 0 Å². The smallest absolute Gasteiger partial charge is 0.322 e. The van der Waals surface area contributed by atoms with E-state index in [0.29, 0.717) is 5.76 Å². The summed E-state index contributed by atoms with van der Waals surface area (Å²) in [6.07, 6.45) is 0. The number of carbonyl (C=O) groups excluding carboxylic acids is 1. The fraction of sp³-hybridized carbons (Fsp3) is 0.444. The SMILES string of the molecule is COC(=O)[C@H](C)NCc1ccc(S(N)(=O)=O)o1. The molecule has 0 bridgehead atoms. The van der Waals surface area contributed by atoms with Crippen LogP contribution in [-0.2, 0) is 26.1 Å². The number of ether oxygens (including phenoxy) is 1. The van der Waals surface area contributed by atoms with E-state index in [4.69, 9.17) is 9.56 Å². The lowest BCUT2D eigenvalue weighted by molar-refractivity contribution is -0.142. The molecule has 3 N–H and O–H groups in total. The summed E-state index contributed by atoms with van der Waals surface area (Å²) in [5.41, 5.74) is 0. The van der Waals surface area contributed by atoms with Gasteiger partial charge in [-0.2, -0.15) is 0 Å². The van der Waals surface area contributed by atoms with Gasteiger partial charge in [-0.15, -0.1) is 0 Å². The van der Waals surface area contributed by atoms with Crippen molar-refractivity contribution < 1.29 is 22.4 Å². The molecule has 1 rings (SSSR count). The van der Waals surface area contributed by atoms with Gasteiger partial charge in [-0.05, 0) is 19.1 Å². The summed E-state index contributed by atoms with van der Waals surface area (Å²) >= 11 is 0. The van der Waals surface area contributed by atoms with Crippen LogP contribution in [0.25, 0.3) is 0 Å². The van der Waals surface area contributed by atoms with Crippen LogP contribution in [0.15, 0.2) is 21.6 Å². The van der Waals surface area contributed by atoms with Crippen molar-refractivity contribution in [3.05, 3.63) is 17.9 Å². The van der Waals surface area contributed by atoms with Crippen LogP contribution < -0.4 is 10.5 Å². The van der Waals surface area contributed by atoms with E-state index in [1.165, 1.54) is 19.2 Å². The van der Waals surface area contributed by atoms with E-state index in [2.05, 4.69) is 10.1 Å². The van der Waals surface area contributed by atoms with Crippen molar-refractivity contribution >= 4 is 16.0 Å². The maximum absolute atomic E-state index is 11.1. The Kier molecular flexibility index (Phi) is 4.27. The van der Waals surface area contributed by atoms with Crippen LogP contribution in [0.2, 0.25) is 0 Å². The molecule has 7 nitrogen and oxygen atoms in total. The molecular weight excluding hydrogens is 248 g/mol. The largest absolute Gasteiger partial charge is 0.468 e. The number of sulfonamides is 1. The van der Waals surface area contributed by atoms with Gasteiger partial charge in [0.2, 0.25) is 5.09 Å². The van der Waals surface area contributed by atoms with E-state index in [-0.39, 0.29) is 11.6 Å². The van der Waals surface area contributed by atoms with Crippen molar-refractivity contribution in [3.63, 3.8) is 0 Å². The van der Waals surface area contributed by atoms with Crippen molar-refractivity contribution in [3.8, 4) is 0 Å². The zero-order valence-corrected chi connectivity index (χ0v) is 10.3. The zero-order chi connectivity index (χ0) is 13.1. The zero-order valence-electron chi connectivity index (χ0n) is 9.47. The minimum atomic E-state index is -3.83. The van der Waals surface area contributed by atoms with Crippen LogP contribution in [0.1, 0.15) is 12.7 Å². The predicted octanol–water partition coefficient (Wildman–Crippen LogP) is -0.422. The van der Waals surface area contributed by atoms with Crippen molar-refractivity contribution in [2.75, 3.05) is 7.11 Å². The van der Waals surface area contributed by atoms with E-state index in [0.717, 1.165) is 0 Å². The number of furan rings is 1. The van der Waals surface area contributed by atoms with Crippen LogP contribution in [0.4, 0.5) is 0 Å². The number of carbonyl (C=O) groups is 1. The molecule has 0 saturated heterocycles. The van der Waals surface area contributed by atoms with Gasteiger partial charge in [-0.25, -0.2) is 13.6 Å². The summed E-state index contributed by atoms with van der Waals surface area (Å²) in [6.45, 7) is 1.82. The molecule has 1 atom stereocenters. The molecule has 1 aromatic rings. The molecule has 0 aliphatic rings. The molecule has 0 aliphatic heterocycles. The number of methoxy groups -OCH3 is 1. The lowest BCUT2D eigenvalue weighted by Gasteiger charge is -2.09. The molecular formula is C9H14N2O5S. The highest BCUT2D eigenvalue weighted by Gasteiger charge is 2.15. The van der Waals surface area contributed by atoms with Gasteiger partial charge in [0, 0.05) is 0 Å². The number of rotatable bonds is 5. The first kappa shape index (κ1) is 13.7. The maximum atomic E-state index is 11.1. The first-order valence-electron chi connectivity index (χ1n) is 4.77. The van der Waals surface area contributed by atoms with Crippen LogP contribution in [-0.4, -0.2) is 27.5 Å². The highest BCUT2D eigenvalue weighted by atomic mass is 32.2. The second-order valence-corrected chi connectivity index (χ2v) is 4.88. The maximum Gasteiger partial charge on any atom is 0.322 e. The molecule has 0 unspecified atom stereocenters. The Morgan fingerprint density at radius 2 is 2.24 bits per heavy atom. The standard InChI is InChI=1S/C9H14N2O5S/c1-6(9(12)15-2)11-5-7-3-4-8(16-7)17(10,13)14/h3-4,6,11H,5H2,1-2H3,(H2,10,13,14)/t6-/m0/s1. The van der Waals surface area contributed by atoms with Gasteiger partial charge < -0.3 is 9.15 Å². The topological polar surface area (TPSA) is 112 Å². The van der Waals surface area contributed by atoms with Gasteiger partial charge in [0.05, 0.1) is 13.7 Å². The predicted molar refractivity (Wildman–Crippen MR) is 58.4 cm³/mol. The van der Waals surface area contributed by atoms with Crippen LogP contribution in [0, 0.1) is 0 Å². The molecule has 1 heterocycles. The molecule has 17 heavy (non-hydrogen) atoms. The summed E-state index contributed by atoms with van der Waals surface area (Å²) in [6, 6.07) is 2.22. The van der Waals surface area contributed by atoms with Crippen molar-refractivity contribution in [2.45, 2.75) is 24.6 Å². The first-order valence-corrected chi connectivity index (χ1v) is 6.32. The first-order chi connectivity index (χ1) is 7.84. The van der Waals surface area contributed by atoms with E-state index >= 15 is 0 Å². The molecule has 0 saturated carbocycles. The second-order valence-electron chi connectivity index (χ2n) is 3.39. The Labute approximate surface area is 99.0 Å². The fourth-order valence-electron chi connectivity index (χ4n) is 1.12. The van der Waals surface area contributed by atoms with Gasteiger partial charge in [-0.3, -0.25) is 10.1 Å². The fourth-order valence-corrected chi connectivity index (χ4v) is 1.60. The molecule has 0 aromatic carbocycles. The highest BCUT2D eigenvalue weighted by molar-refractivity contribution is 7.89. The minimum Gasteiger partial charge on any atom is -0.468 e. The number of nitrogens with one attached hydrogen (secondary N) is 1. The summed E-state index contributed by atoms with van der Waals surface area (Å²) in [5, 5.41) is 7.38. The molecule has 1 aromatic heterocycles. The van der Waals surface area contributed by atoms with Gasteiger partial charge in [0.15, 0.2) is 0 Å². The summed E-state index contributed by atoms with van der Waals surface area (Å²) < 4.78 is 31.4. The third kappa shape index (κ3) is 3.84. The number of nitrogens with two attached hydrogens (primary N) is 1. The molecule has 96 valence electrons. The van der Waals surface area contributed by atoms with Gasteiger partial charge in [0.1, 0.15) is 11.8 Å². The molecule has 0 aliphatic carbocycles. The normalized spacial score (nSPS) is 13.4. The summed E-state index contributed by atoms with van der Waals surface area (Å²) in [5.74, 6) is -0.0481. The number of primary sulfonamides is 1. The number of hydrogen-bond acceptors (Lipinski definition) is 6. The highest BCUT2D eigenvalue weighted by Crippen LogP contribution is 2.11. The Morgan fingerprint density at radius 3 is 2.71 bits per heavy atom. The summed E-state index contributed by atoms with van der Waals surface area (Å²) in [7, 11) is -2.54. The molecule has 0 spiro atoms. The summed E-state index contributed by atoms with van der Waals surface area (Å²) in [4.78, 5) is 11.1. The van der Waals surface area contributed by atoms with E-state index in [9.17, 15) is 13.2 Å². The third-order valence-electron chi connectivity index (χ3n) is 2.05. The lowest BCUT2D eigenvalue weighted by Crippen LogP contribution is -2.34. The molecule has 0 amide bonds. The van der Waals surface area contributed by atoms with E-state index < -0.39 is 22.0 Å². The van der Waals surface area contributed by atoms with Crippen LogP contribution in [0.3, 0.4) is 0 Å². The quantitative estimate of drug-likeness (QED) is 0.697. The molecule has 0 radical (unpaired) electrons. The van der Waals surface area contributed by atoms with Gasteiger partial charge in [-0.1, -0.05) is 0 Å². The minimum absolute atomic E-state index is 0.200. The van der Waals surface area contributed by atoms with E-state index in [1.807, 2.05) is 0 Å². The monoisotopic (exact) mass is 262 g/mol. The molecule has 8 heteroatoms. The number of esters is 1.